The Morgan fingerprint density at radius 2 is 1.93 bits per heavy atom. The summed E-state index contributed by atoms with van der Waals surface area (Å²) in [5, 5.41) is 0. The van der Waals surface area contributed by atoms with Crippen molar-refractivity contribution in [3.05, 3.63) is 59.8 Å². The van der Waals surface area contributed by atoms with Gasteiger partial charge in [-0.25, -0.2) is 4.39 Å². The SMILES string of the molecule is Fc1ccccc1CSCc1ccco1. The topological polar surface area (TPSA) is 13.1 Å². The Hall–Kier alpha value is -1.22. The summed E-state index contributed by atoms with van der Waals surface area (Å²) in [6, 6.07) is 10.6. The second-order valence-corrected chi connectivity index (χ2v) is 4.15. The maximum atomic E-state index is 13.2. The molecule has 0 unspecified atom stereocenters. The number of hydrogen-bond acceptors (Lipinski definition) is 2. The van der Waals surface area contributed by atoms with E-state index in [0.717, 1.165) is 17.1 Å². The van der Waals surface area contributed by atoms with Gasteiger partial charge in [0.1, 0.15) is 11.6 Å². The highest BCUT2D eigenvalue weighted by atomic mass is 32.2. The molecule has 1 aromatic heterocycles. The van der Waals surface area contributed by atoms with Crippen LogP contribution in [0.15, 0.2) is 47.1 Å². The zero-order chi connectivity index (χ0) is 10.5. The lowest BCUT2D eigenvalue weighted by atomic mass is 10.2. The molecule has 1 heterocycles. The molecule has 1 nitrogen and oxygen atoms in total. The molecule has 0 aliphatic carbocycles. The molecule has 1 aromatic carbocycles. The van der Waals surface area contributed by atoms with Gasteiger partial charge >= 0.3 is 0 Å². The number of furan rings is 1. The first-order valence-corrected chi connectivity index (χ1v) is 5.85. The number of thioether (sulfide) groups is 1. The number of halogens is 1. The maximum Gasteiger partial charge on any atom is 0.127 e. The van der Waals surface area contributed by atoms with Crippen LogP contribution in [0, 0.1) is 5.82 Å². The minimum atomic E-state index is -0.135. The molecule has 0 spiro atoms. The van der Waals surface area contributed by atoms with Gasteiger partial charge in [-0.1, -0.05) is 18.2 Å². The van der Waals surface area contributed by atoms with Gasteiger partial charge in [-0.15, -0.1) is 11.8 Å². The first kappa shape index (κ1) is 10.3. The van der Waals surface area contributed by atoms with Crippen molar-refractivity contribution in [1.82, 2.24) is 0 Å². The minimum Gasteiger partial charge on any atom is -0.468 e. The van der Waals surface area contributed by atoms with E-state index < -0.39 is 0 Å². The summed E-state index contributed by atoms with van der Waals surface area (Å²) in [5.41, 5.74) is 0.744. The van der Waals surface area contributed by atoms with Gasteiger partial charge in [-0.2, -0.15) is 0 Å². The number of rotatable bonds is 4. The minimum absolute atomic E-state index is 0.135. The molecule has 0 radical (unpaired) electrons. The molecular formula is C12H11FOS. The smallest absolute Gasteiger partial charge is 0.127 e. The fourth-order valence-electron chi connectivity index (χ4n) is 1.27. The first-order valence-electron chi connectivity index (χ1n) is 4.70. The Labute approximate surface area is 92.3 Å². The van der Waals surface area contributed by atoms with Crippen molar-refractivity contribution in [2.45, 2.75) is 11.5 Å². The first-order chi connectivity index (χ1) is 7.36. The lowest BCUT2D eigenvalue weighted by Gasteiger charge is -2.01. The highest BCUT2D eigenvalue weighted by Gasteiger charge is 2.01. The van der Waals surface area contributed by atoms with Crippen LogP contribution in [0.1, 0.15) is 11.3 Å². The molecule has 78 valence electrons. The summed E-state index contributed by atoms with van der Waals surface area (Å²) in [4.78, 5) is 0. The molecule has 0 atom stereocenters. The van der Waals surface area contributed by atoms with Gasteiger partial charge in [0.15, 0.2) is 0 Å². The van der Waals surface area contributed by atoms with Crippen molar-refractivity contribution in [2.75, 3.05) is 0 Å². The van der Waals surface area contributed by atoms with Crippen LogP contribution in [0.2, 0.25) is 0 Å². The van der Waals surface area contributed by atoms with Gasteiger partial charge in [0.2, 0.25) is 0 Å². The summed E-state index contributed by atoms with van der Waals surface area (Å²) in [6.45, 7) is 0. The summed E-state index contributed by atoms with van der Waals surface area (Å²) >= 11 is 1.64. The van der Waals surface area contributed by atoms with E-state index in [1.165, 1.54) is 6.07 Å². The number of hydrogen-bond donors (Lipinski definition) is 0. The van der Waals surface area contributed by atoms with Gasteiger partial charge in [0.25, 0.3) is 0 Å². The largest absolute Gasteiger partial charge is 0.468 e. The van der Waals surface area contributed by atoms with Gasteiger partial charge < -0.3 is 4.42 Å². The lowest BCUT2D eigenvalue weighted by molar-refractivity contribution is 0.530. The lowest BCUT2D eigenvalue weighted by Crippen LogP contribution is -1.86. The molecule has 0 bridgehead atoms. The van der Waals surface area contributed by atoms with E-state index in [4.69, 9.17) is 4.42 Å². The average Bonchev–Trinajstić information content (AvgIpc) is 2.74. The third kappa shape index (κ3) is 2.86. The van der Waals surface area contributed by atoms with E-state index in [9.17, 15) is 4.39 Å². The second kappa shape index (κ2) is 5.03. The third-order valence-corrected chi connectivity index (χ3v) is 3.04. The monoisotopic (exact) mass is 222 g/mol. The van der Waals surface area contributed by atoms with Crippen LogP contribution in [0.25, 0.3) is 0 Å². The van der Waals surface area contributed by atoms with E-state index in [1.807, 2.05) is 24.3 Å². The van der Waals surface area contributed by atoms with Crippen LogP contribution in [-0.4, -0.2) is 0 Å². The van der Waals surface area contributed by atoms with Crippen LogP contribution in [0.4, 0.5) is 4.39 Å². The van der Waals surface area contributed by atoms with Gasteiger partial charge in [0, 0.05) is 5.75 Å². The maximum absolute atomic E-state index is 13.2. The zero-order valence-corrected chi connectivity index (χ0v) is 8.97. The van der Waals surface area contributed by atoms with Crippen LogP contribution >= 0.6 is 11.8 Å². The Bertz CT molecular complexity index is 411. The van der Waals surface area contributed by atoms with Crippen molar-refractivity contribution in [3.63, 3.8) is 0 Å². The van der Waals surface area contributed by atoms with Crippen molar-refractivity contribution in [2.24, 2.45) is 0 Å². The van der Waals surface area contributed by atoms with Crippen molar-refractivity contribution >= 4 is 11.8 Å². The van der Waals surface area contributed by atoms with Gasteiger partial charge in [-0.3, -0.25) is 0 Å². The molecule has 0 fully saturated rings. The summed E-state index contributed by atoms with van der Waals surface area (Å²) in [6.07, 6.45) is 1.65. The van der Waals surface area contributed by atoms with Crippen LogP contribution < -0.4 is 0 Å². The van der Waals surface area contributed by atoms with E-state index in [1.54, 1.807) is 24.1 Å². The van der Waals surface area contributed by atoms with Gasteiger partial charge in [0.05, 0.1) is 12.0 Å². The Morgan fingerprint density at radius 1 is 1.07 bits per heavy atom. The molecule has 0 saturated carbocycles. The Kier molecular flexibility index (Phi) is 3.45. The molecule has 15 heavy (non-hydrogen) atoms. The van der Waals surface area contributed by atoms with Crippen molar-refractivity contribution < 1.29 is 8.81 Å². The highest BCUT2D eigenvalue weighted by molar-refractivity contribution is 7.97. The molecule has 2 aromatic rings. The molecule has 0 aliphatic rings. The summed E-state index contributed by atoms with van der Waals surface area (Å²) in [7, 11) is 0. The van der Waals surface area contributed by atoms with Crippen LogP contribution in [0.5, 0.6) is 0 Å². The molecule has 0 amide bonds. The standard InChI is InChI=1S/C12H11FOS/c13-12-6-2-1-4-10(12)8-15-9-11-5-3-7-14-11/h1-7H,8-9H2. The van der Waals surface area contributed by atoms with Crippen molar-refractivity contribution in [3.8, 4) is 0 Å². The second-order valence-electron chi connectivity index (χ2n) is 3.16. The van der Waals surface area contributed by atoms with Crippen molar-refractivity contribution in [1.29, 1.82) is 0 Å². The summed E-state index contributed by atoms with van der Waals surface area (Å²) in [5.74, 6) is 2.25. The highest BCUT2D eigenvalue weighted by Crippen LogP contribution is 2.19. The normalized spacial score (nSPS) is 10.5. The molecular weight excluding hydrogens is 211 g/mol. The summed E-state index contributed by atoms with van der Waals surface area (Å²) < 4.78 is 18.4. The zero-order valence-electron chi connectivity index (χ0n) is 8.15. The predicted molar refractivity (Wildman–Crippen MR) is 60.1 cm³/mol. The fraction of sp³-hybridized carbons (Fsp3) is 0.167. The van der Waals surface area contributed by atoms with E-state index >= 15 is 0 Å². The van der Waals surface area contributed by atoms with E-state index in [-0.39, 0.29) is 5.82 Å². The Morgan fingerprint density at radius 3 is 2.67 bits per heavy atom. The molecule has 2 rings (SSSR count). The molecule has 0 aliphatic heterocycles. The fourth-order valence-corrected chi connectivity index (χ4v) is 2.19. The van der Waals surface area contributed by atoms with Crippen LogP contribution in [-0.2, 0) is 11.5 Å². The quantitative estimate of drug-likeness (QED) is 0.779. The average molecular weight is 222 g/mol. The van der Waals surface area contributed by atoms with Crippen LogP contribution in [0.3, 0.4) is 0 Å². The Balaban J connectivity index is 1.86. The van der Waals surface area contributed by atoms with Gasteiger partial charge in [-0.05, 0) is 23.8 Å². The molecule has 0 saturated heterocycles. The molecule has 3 heteroatoms. The molecule has 0 N–H and O–H groups in total. The number of benzene rings is 1. The van der Waals surface area contributed by atoms with E-state index in [2.05, 4.69) is 0 Å². The predicted octanol–water partition coefficient (Wildman–Crippen LogP) is 3.85. The van der Waals surface area contributed by atoms with E-state index in [0.29, 0.717) is 5.75 Å². The third-order valence-electron chi connectivity index (χ3n) is 2.04.